The summed E-state index contributed by atoms with van der Waals surface area (Å²) in [6.45, 7) is 0. The Kier molecular flexibility index (Phi) is 9.21. The van der Waals surface area contributed by atoms with Gasteiger partial charge in [0.1, 0.15) is 0 Å². The molecule has 0 aliphatic rings. The van der Waals surface area contributed by atoms with Gasteiger partial charge in [-0.2, -0.15) is 0 Å². The van der Waals surface area contributed by atoms with E-state index in [0.717, 1.165) is 66.7 Å². The van der Waals surface area contributed by atoms with E-state index in [1.807, 2.05) is 18.5 Å². The van der Waals surface area contributed by atoms with Crippen LogP contribution in [0.25, 0.3) is 143 Å². The monoisotopic (exact) mass is 887 g/mol. The molecule has 0 amide bonds. The summed E-state index contributed by atoms with van der Waals surface area (Å²) < 4.78 is 0. The van der Waals surface area contributed by atoms with Crippen LogP contribution in [0.3, 0.4) is 0 Å². The summed E-state index contributed by atoms with van der Waals surface area (Å²) in [7, 11) is 0. The fraction of sp³-hybridized carbons (Fsp3) is 0. The molecule has 3 heteroatoms. The lowest BCUT2D eigenvalue weighted by atomic mass is 9.88. The van der Waals surface area contributed by atoms with Crippen molar-refractivity contribution in [3.05, 3.63) is 249 Å². The number of rotatable bonds is 6. The molecule has 0 N–H and O–H groups in total. The molecule has 0 radical (unpaired) electrons. The number of hydrogen-bond donors (Lipinski definition) is 0. The van der Waals surface area contributed by atoms with Crippen LogP contribution in [0.1, 0.15) is 0 Å². The van der Waals surface area contributed by atoms with E-state index in [-0.39, 0.29) is 0 Å². The third-order valence-electron chi connectivity index (χ3n) is 14.3. The van der Waals surface area contributed by atoms with E-state index in [1.54, 1.807) is 0 Å². The number of pyridine rings is 1. The number of nitrogens with zero attached hydrogens (tertiary/aromatic N) is 3. The fourth-order valence-corrected chi connectivity index (χ4v) is 10.9. The largest absolute Gasteiger partial charge is 0.264 e. The number of aromatic nitrogens is 3. The second-order valence-electron chi connectivity index (χ2n) is 18.3. The Labute approximate surface area is 404 Å². The molecular weight excluding hydrogens is 847 g/mol. The van der Waals surface area contributed by atoms with Gasteiger partial charge in [0.05, 0.1) is 11.2 Å². The highest BCUT2D eigenvalue weighted by Crippen LogP contribution is 2.44. The first-order chi connectivity index (χ1) is 34.7. The summed E-state index contributed by atoms with van der Waals surface area (Å²) in [6.07, 6.45) is 3.71. The number of fused-ring (bicyclic) bond motifs is 13. The lowest BCUT2D eigenvalue weighted by Gasteiger charge is -2.17. The first kappa shape index (κ1) is 39.8. The normalized spacial score (nSPS) is 11.7. The van der Waals surface area contributed by atoms with Crippen molar-refractivity contribution < 1.29 is 0 Å². The highest BCUT2D eigenvalue weighted by molar-refractivity contribution is 6.27. The molecule has 14 rings (SSSR count). The van der Waals surface area contributed by atoms with Crippen LogP contribution >= 0.6 is 0 Å². The molecular formula is C67H41N3. The fourth-order valence-electron chi connectivity index (χ4n) is 10.9. The third-order valence-corrected chi connectivity index (χ3v) is 14.3. The minimum absolute atomic E-state index is 0.669. The van der Waals surface area contributed by atoms with Gasteiger partial charge in [0.25, 0.3) is 0 Å². The average molecular weight is 888 g/mol. The van der Waals surface area contributed by atoms with Crippen molar-refractivity contribution in [2.75, 3.05) is 0 Å². The first-order valence-corrected chi connectivity index (χ1v) is 23.9. The molecule has 324 valence electrons. The Bertz CT molecular complexity index is 4300. The first-order valence-electron chi connectivity index (χ1n) is 23.9. The summed E-state index contributed by atoms with van der Waals surface area (Å²) in [6, 6.07) is 85.9. The molecule has 2 aromatic heterocycles. The molecule has 0 aliphatic heterocycles. The van der Waals surface area contributed by atoms with Gasteiger partial charge in [0, 0.05) is 34.5 Å². The van der Waals surface area contributed by atoms with Gasteiger partial charge in [-0.15, -0.1) is 0 Å². The minimum Gasteiger partial charge on any atom is -0.264 e. The lowest BCUT2D eigenvalue weighted by Crippen LogP contribution is -1.98. The minimum atomic E-state index is 0.669. The maximum atomic E-state index is 5.60. The Balaban J connectivity index is 1.06. The maximum Gasteiger partial charge on any atom is 0.160 e. The number of hydrogen-bond acceptors (Lipinski definition) is 3. The second kappa shape index (κ2) is 16.2. The number of benzene rings is 12. The van der Waals surface area contributed by atoms with Crippen LogP contribution < -0.4 is 0 Å². The van der Waals surface area contributed by atoms with Crippen LogP contribution in [0.15, 0.2) is 249 Å². The Morgan fingerprint density at radius 1 is 0.229 bits per heavy atom. The van der Waals surface area contributed by atoms with Gasteiger partial charge >= 0.3 is 0 Å². The van der Waals surface area contributed by atoms with Crippen LogP contribution in [0.2, 0.25) is 0 Å². The summed E-state index contributed by atoms with van der Waals surface area (Å²) in [4.78, 5) is 15.5. The third kappa shape index (κ3) is 6.55. The van der Waals surface area contributed by atoms with Crippen molar-refractivity contribution in [3.8, 4) is 67.2 Å². The Morgan fingerprint density at radius 2 is 0.629 bits per heavy atom. The van der Waals surface area contributed by atoms with Crippen molar-refractivity contribution >= 4 is 75.5 Å². The second-order valence-corrected chi connectivity index (χ2v) is 18.3. The van der Waals surface area contributed by atoms with E-state index in [1.165, 1.54) is 70.2 Å². The zero-order valence-corrected chi connectivity index (χ0v) is 38.0. The van der Waals surface area contributed by atoms with E-state index in [2.05, 4.69) is 236 Å². The summed E-state index contributed by atoms with van der Waals surface area (Å²) in [5.74, 6) is 0.669. The smallest absolute Gasteiger partial charge is 0.160 e. The summed E-state index contributed by atoms with van der Waals surface area (Å²) in [5.41, 5.74) is 12.6. The molecule has 70 heavy (non-hydrogen) atoms. The van der Waals surface area contributed by atoms with Gasteiger partial charge in [-0.25, -0.2) is 9.97 Å². The van der Waals surface area contributed by atoms with Crippen molar-refractivity contribution in [1.82, 2.24) is 15.0 Å². The van der Waals surface area contributed by atoms with Crippen molar-refractivity contribution in [2.45, 2.75) is 0 Å². The van der Waals surface area contributed by atoms with Crippen LogP contribution in [-0.2, 0) is 0 Å². The average Bonchev–Trinajstić information content (AvgIpc) is 3.45. The van der Waals surface area contributed by atoms with Crippen LogP contribution in [0.4, 0.5) is 0 Å². The van der Waals surface area contributed by atoms with E-state index < -0.39 is 0 Å². The molecule has 0 saturated heterocycles. The molecule has 14 aromatic rings. The van der Waals surface area contributed by atoms with Crippen LogP contribution in [-0.4, -0.2) is 15.0 Å². The summed E-state index contributed by atoms with van der Waals surface area (Å²) in [5, 5.41) is 15.9. The zero-order chi connectivity index (χ0) is 46.1. The standard InChI is InChI=1S/C67H41N3/c1-2-13-42(14-3-1)43-24-28-45(29-25-43)65-64-40-50(47-32-34-59-55-20-6-4-16-51(55)53-18-8-10-22-57(53)62(59)37-47)39-61(66(64)70-67(69-65)46-30-26-44(27-31-46)49-15-12-36-68-41-49)48-33-35-60-56-21-7-5-17-52(56)54-19-9-11-23-58(54)63(60)38-48/h1-41H. The molecule has 2 heterocycles. The molecule has 12 aromatic carbocycles. The SMILES string of the molecule is c1ccc(-c2ccc(-c3nc(-c4ccc(-c5cccnc5)cc4)nc4c(-c5ccc6c7ccccc7c7ccccc7c6c5)cc(-c5ccc6c7ccccc7c7ccccc7c6c5)cc34)cc2)cc1. The van der Waals surface area contributed by atoms with Gasteiger partial charge in [0.2, 0.25) is 0 Å². The molecule has 0 saturated carbocycles. The van der Waals surface area contributed by atoms with Crippen molar-refractivity contribution in [3.63, 3.8) is 0 Å². The predicted octanol–water partition coefficient (Wildman–Crippen LogP) is 17.9. The Morgan fingerprint density at radius 3 is 1.17 bits per heavy atom. The van der Waals surface area contributed by atoms with E-state index >= 15 is 0 Å². The molecule has 0 fully saturated rings. The predicted molar refractivity (Wildman–Crippen MR) is 295 cm³/mol. The topological polar surface area (TPSA) is 38.7 Å². The molecule has 0 atom stereocenters. The molecule has 0 aliphatic carbocycles. The van der Waals surface area contributed by atoms with Crippen molar-refractivity contribution in [1.29, 1.82) is 0 Å². The zero-order valence-electron chi connectivity index (χ0n) is 38.0. The van der Waals surface area contributed by atoms with Gasteiger partial charge in [-0.3, -0.25) is 4.98 Å². The molecule has 3 nitrogen and oxygen atoms in total. The van der Waals surface area contributed by atoms with Crippen molar-refractivity contribution in [2.24, 2.45) is 0 Å². The van der Waals surface area contributed by atoms with E-state index in [4.69, 9.17) is 9.97 Å². The quantitative estimate of drug-likeness (QED) is 0.156. The summed E-state index contributed by atoms with van der Waals surface area (Å²) >= 11 is 0. The van der Waals surface area contributed by atoms with Gasteiger partial charge in [0.15, 0.2) is 5.82 Å². The van der Waals surface area contributed by atoms with Crippen LogP contribution in [0.5, 0.6) is 0 Å². The molecule has 0 bridgehead atoms. The van der Waals surface area contributed by atoms with Gasteiger partial charge < -0.3 is 0 Å². The Hall–Kier alpha value is -9.31. The van der Waals surface area contributed by atoms with Gasteiger partial charge in [-0.1, -0.05) is 206 Å². The molecule has 0 spiro atoms. The van der Waals surface area contributed by atoms with Crippen LogP contribution in [0, 0.1) is 0 Å². The lowest BCUT2D eigenvalue weighted by molar-refractivity contribution is 1.23. The highest BCUT2D eigenvalue weighted by atomic mass is 14.9. The maximum absolute atomic E-state index is 5.60. The van der Waals surface area contributed by atoms with E-state index in [9.17, 15) is 0 Å². The highest BCUT2D eigenvalue weighted by Gasteiger charge is 2.20. The van der Waals surface area contributed by atoms with Gasteiger partial charge in [-0.05, 0) is 134 Å². The molecule has 0 unspecified atom stereocenters. The van der Waals surface area contributed by atoms with E-state index in [0.29, 0.717) is 5.82 Å².